The van der Waals surface area contributed by atoms with E-state index in [0.29, 0.717) is 5.56 Å². The third-order valence-electron chi connectivity index (χ3n) is 3.46. The summed E-state index contributed by atoms with van der Waals surface area (Å²) >= 11 is 0. The molecule has 0 saturated carbocycles. The van der Waals surface area contributed by atoms with Gasteiger partial charge in [0, 0.05) is 5.56 Å². The number of hydrogen-bond donors (Lipinski definition) is 0. The predicted octanol–water partition coefficient (Wildman–Crippen LogP) is 4.46. The molecule has 0 aliphatic carbocycles. The van der Waals surface area contributed by atoms with Crippen LogP contribution in [0.5, 0.6) is 0 Å². The molecule has 23 heavy (non-hydrogen) atoms. The van der Waals surface area contributed by atoms with Gasteiger partial charge in [-0.25, -0.2) is 17.2 Å². The Morgan fingerprint density at radius 1 is 0.696 bits per heavy atom. The van der Waals surface area contributed by atoms with Gasteiger partial charge in [-0.05, 0) is 35.9 Å². The second-order valence-corrected chi connectivity index (χ2v) is 6.86. The van der Waals surface area contributed by atoms with Gasteiger partial charge in [0.25, 0.3) is 0 Å². The third kappa shape index (κ3) is 2.87. The van der Waals surface area contributed by atoms with Gasteiger partial charge in [0.1, 0.15) is 16.5 Å². The number of hydrogen-bond acceptors (Lipinski definition) is 2. The van der Waals surface area contributed by atoms with E-state index < -0.39 is 26.4 Å². The highest BCUT2D eigenvalue weighted by Gasteiger charge is 2.23. The van der Waals surface area contributed by atoms with Crippen molar-refractivity contribution >= 4 is 9.84 Å². The van der Waals surface area contributed by atoms with Crippen LogP contribution in [0.25, 0.3) is 11.1 Å². The summed E-state index contributed by atoms with van der Waals surface area (Å²) in [5, 5.41) is 0. The molecule has 0 radical (unpaired) electrons. The Labute approximate surface area is 133 Å². The minimum Gasteiger partial charge on any atom is -0.218 e. The quantitative estimate of drug-likeness (QED) is 0.710. The minimum atomic E-state index is -3.96. The van der Waals surface area contributed by atoms with Crippen molar-refractivity contribution in [2.45, 2.75) is 9.79 Å². The molecule has 0 atom stereocenters. The smallest absolute Gasteiger partial charge is 0.209 e. The van der Waals surface area contributed by atoms with Gasteiger partial charge in [0.05, 0.1) is 4.90 Å². The maximum Gasteiger partial charge on any atom is 0.209 e. The SMILES string of the molecule is O=S(=O)(c1ccccc1)c1cccc(-c2ccc(F)cc2)c1F. The fourth-order valence-corrected chi connectivity index (χ4v) is 3.67. The van der Waals surface area contributed by atoms with Crippen LogP contribution in [0.3, 0.4) is 0 Å². The van der Waals surface area contributed by atoms with Crippen LogP contribution < -0.4 is 0 Å². The molecule has 0 spiro atoms. The molecule has 0 amide bonds. The van der Waals surface area contributed by atoms with E-state index in [2.05, 4.69) is 0 Å². The van der Waals surface area contributed by atoms with Crippen LogP contribution in [-0.4, -0.2) is 8.42 Å². The van der Waals surface area contributed by atoms with Crippen molar-refractivity contribution in [1.82, 2.24) is 0 Å². The van der Waals surface area contributed by atoms with Crippen LogP contribution in [0.15, 0.2) is 82.6 Å². The normalized spacial score (nSPS) is 11.4. The zero-order chi connectivity index (χ0) is 16.4. The molecule has 3 aromatic rings. The summed E-state index contributed by atoms with van der Waals surface area (Å²) in [6, 6.07) is 17.1. The van der Waals surface area contributed by atoms with E-state index in [-0.39, 0.29) is 10.5 Å². The van der Waals surface area contributed by atoms with Crippen molar-refractivity contribution in [1.29, 1.82) is 0 Å². The van der Waals surface area contributed by atoms with Crippen LogP contribution in [0.4, 0.5) is 8.78 Å². The Hall–Kier alpha value is -2.53. The highest BCUT2D eigenvalue weighted by atomic mass is 32.2. The van der Waals surface area contributed by atoms with E-state index in [1.54, 1.807) is 18.2 Å². The van der Waals surface area contributed by atoms with Crippen molar-refractivity contribution < 1.29 is 17.2 Å². The molecule has 0 unspecified atom stereocenters. The standard InChI is InChI=1S/C18H12F2O2S/c19-14-11-9-13(10-12-14)16-7-4-8-17(18(16)20)23(21,22)15-5-2-1-3-6-15/h1-12H. The van der Waals surface area contributed by atoms with Crippen molar-refractivity contribution in [3.63, 3.8) is 0 Å². The van der Waals surface area contributed by atoms with Crippen molar-refractivity contribution in [2.75, 3.05) is 0 Å². The molecular formula is C18H12F2O2S. The molecule has 3 aromatic carbocycles. The maximum absolute atomic E-state index is 14.8. The van der Waals surface area contributed by atoms with Crippen molar-refractivity contribution in [2.24, 2.45) is 0 Å². The summed E-state index contributed by atoms with van der Waals surface area (Å²) in [6.07, 6.45) is 0. The van der Waals surface area contributed by atoms with Gasteiger partial charge in [-0.1, -0.05) is 42.5 Å². The first-order valence-electron chi connectivity index (χ1n) is 6.85. The molecule has 5 heteroatoms. The molecule has 0 bridgehead atoms. The Balaban J connectivity index is 2.16. The van der Waals surface area contributed by atoms with Gasteiger partial charge in [0.15, 0.2) is 0 Å². The van der Waals surface area contributed by atoms with Crippen LogP contribution in [0.1, 0.15) is 0 Å². The number of sulfone groups is 1. The number of benzene rings is 3. The fraction of sp³-hybridized carbons (Fsp3) is 0. The van der Waals surface area contributed by atoms with E-state index in [9.17, 15) is 17.2 Å². The molecule has 0 heterocycles. The topological polar surface area (TPSA) is 34.1 Å². The van der Waals surface area contributed by atoms with Crippen LogP contribution in [-0.2, 0) is 9.84 Å². The zero-order valence-corrected chi connectivity index (χ0v) is 12.7. The Bertz CT molecular complexity index is 935. The lowest BCUT2D eigenvalue weighted by Gasteiger charge is -2.10. The van der Waals surface area contributed by atoms with Gasteiger partial charge in [-0.3, -0.25) is 0 Å². The molecular weight excluding hydrogens is 318 g/mol. The van der Waals surface area contributed by atoms with E-state index in [1.807, 2.05) is 0 Å². The molecule has 0 aliphatic rings. The molecule has 0 fully saturated rings. The largest absolute Gasteiger partial charge is 0.218 e. The Morgan fingerprint density at radius 2 is 1.35 bits per heavy atom. The van der Waals surface area contributed by atoms with Crippen LogP contribution >= 0.6 is 0 Å². The summed E-state index contributed by atoms with van der Waals surface area (Å²) in [7, 11) is -3.96. The monoisotopic (exact) mass is 330 g/mol. The first-order valence-corrected chi connectivity index (χ1v) is 8.33. The summed E-state index contributed by atoms with van der Waals surface area (Å²) in [5.41, 5.74) is 0.524. The zero-order valence-electron chi connectivity index (χ0n) is 11.9. The highest BCUT2D eigenvalue weighted by Crippen LogP contribution is 2.30. The van der Waals surface area contributed by atoms with Gasteiger partial charge >= 0.3 is 0 Å². The van der Waals surface area contributed by atoms with Gasteiger partial charge < -0.3 is 0 Å². The Morgan fingerprint density at radius 3 is 2.00 bits per heavy atom. The Kier molecular flexibility index (Phi) is 3.96. The van der Waals surface area contributed by atoms with E-state index in [4.69, 9.17) is 0 Å². The lowest BCUT2D eigenvalue weighted by molar-refractivity contribution is 0.568. The summed E-state index contributed by atoms with van der Waals surface area (Å²) < 4.78 is 53.0. The first kappa shape index (κ1) is 15.4. The summed E-state index contributed by atoms with van der Waals surface area (Å²) in [6.45, 7) is 0. The average molecular weight is 330 g/mol. The maximum atomic E-state index is 14.8. The molecule has 0 aliphatic heterocycles. The highest BCUT2D eigenvalue weighted by molar-refractivity contribution is 7.91. The lowest BCUT2D eigenvalue weighted by atomic mass is 10.1. The molecule has 3 rings (SSSR count). The second kappa shape index (κ2) is 5.93. The van der Waals surface area contributed by atoms with Gasteiger partial charge in [-0.2, -0.15) is 0 Å². The molecule has 116 valence electrons. The van der Waals surface area contributed by atoms with E-state index in [0.717, 1.165) is 0 Å². The van der Waals surface area contributed by atoms with Crippen LogP contribution in [0.2, 0.25) is 0 Å². The predicted molar refractivity (Wildman–Crippen MR) is 83.7 cm³/mol. The fourth-order valence-electron chi connectivity index (χ4n) is 2.30. The van der Waals surface area contributed by atoms with E-state index in [1.165, 1.54) is 54.6 Å². The number of rotatable bonds is 3. The van der Waals surface area contributed by atoms with E-state index >= 15 is 0 Å². The first-order chi connectivity index (χ1) is 11.0. The van der Waals surface area contributed by atoms with Crippen LogP contribution in [0, 0.1) is 11.6 Å². The minimum absolute atomic E-state index is 0.0233. The summed E-state index contributed by atoms with van der Waals surface area (Å²) in [5.74, 6) is -1.29. The van der Waals surface area contributed by atoms with Gasteiger partial charge in [-0.15, -0.1) is 0 Å². The molecule has 0 saturated heterocycles. The summed E-state index contributed by atoms with van der Waals surface area (Å²) in [4.78, 5) is -0.374. The third-order valence-corrected chi connectivity index (χ3v) is 5.25. The molecule has 0 aromatic heterocycles. The lowest BCUT2D eigenvalue weighted by Crippen LogP contribution is -2.05. The van der Waals surface area contributed by atoms with Crippen molar-refractivity contribution in [3.8, 4) is 11.1 Å². The molecule has 2 nitrogen and oxygen atoms in total. The number of halogens is 2. The second-order valence-electron chi connectivity index (χ2n) is 4.94. The van der Waals surface area contributed by atoms with Crippen molar-refractivity contribution in [3.05, 3.63) is 84.4 Å². The van der Waals surface area contributed by atoms with Gasteiger partial charge in [0.2, 0.25) is 9.84 Å². The average Bonchev–Trinajstić information content (AvgIpc) is 2.57. The molecule has 0 N–H and O–H groups in total.